The number of rotatable bonds is 3. The molecule has 4 heteroatoms. The zero-order valence-electron chi connectivity index (χ0n) is 18.6. The van der Waals surface area contributed by atoms with E-state index in [1.807, 2.05) is 6.92 Å². The first-order valence-electron chi connectivity index (χ1n) is 10.6. The highest BCUT2D eigenvalue weighted by molar-refractivity contribution is 5.78. The summed E-state index contributed by atoms with van der Waals surface area (Å²) in [5.74, 6) is 0.428. The Bertz CT molecular complexity index is 625. The van der Waals surface area contributed by atoms with Gasteiger partial charge in [-0.3, -0.25) is 4.79 Å². The first-order valence-corrected chi connectivity index (χ1v) is 10.6. The highest BCUT2D eigenvalue weighted by Gasteiger charge is 2.68. The van der Waals surface area contributed by atoms with E-state index in [9.17, 15) is 15.0 Å². The van der Waals surface area contributed by atoms with Crippen LogP contribution in [0.5, 0.6) is 0 Å². The number of hydrogen-bond donors (Lipinski definition) is 2. The van der Waals surface area contributed by atoms with E-state index in [0.717, 1.165) is 19.3 Å². The van der Waals surface area contributed by atoms with Crippen molar-refractivity contribution in [3.05, 3.63) is 0 Å². The van der Waals surface area contributed by atoms with Crippen molar-refractivity contribution in [1.82, 2.24) is 0 Å². The monoisotopic (exact) mass is 380 g/mol. The molecule has 0 aromatic carbocycles. The fourth-order valence-electron chi connectivity index (χ4n) is 6.46. The predicted octanol–water partition coefficient (Wildman–Crippen LogP) is 4.46. The molecule has 0 aliphatic heterocycles. The second-order valence-electron chi connectivity index (χ2n) is 12.8. The molecule has 0 aromatic rings. The Morgan fingerprint density at radius 2 is 1.59 bits per heavy atom. The Balaban J connectivity index is 1.89. The number of ether oxygens (including phenoxy) is 1. The fraction of sp³-hybridized carbons (Fsp3) is 0.957. The van der Waals surface area contributed by atoms with E-state index in [0.29, 0.717) is 25.2 Å². The third kappa shape index (κ3) is 3.57. The molecule has 2 N–H and O–H groups in total. The van der Waals surface area contributed by atoms with Crippen molar-refractivity contribution in [2.45, 2.75) is 111 Å². The number of fused-ring (bicyclic) bond motifs is 1. The average Bonchev–Trinajstić information content (AvgIpc) is 2.64. The van der Waals surface area contributed by atoms with Gasteiger partial charge in [-0.1, -0.05) is 41.5 Å². The van der Waals surface area contributed by atoms with Crippen LogP contribution in [0.4, 0.5) is 0 Å². The van der Waals surface area contributed by atoms with E-state index in [2.05, 4.69) is 41.5 Å². The molecule has 156 valence electrons. The largest absolute Gasteiger partial charge is 0.459 e. The summed E-state index contributed by atoms with van der Waals surface area (Å²) in [4.78, 5) is 13.6. The van der Waals surface area contributed by atoms with Crippen LogP contribution in [0.25, 0.3) is 0 Å². The van der Waals surface area contributed by atoms with Crippen LogP contribution < -0.4 is 0 Å². The molecule has 3 fully saturated rings. The Labute approximate surface area is 165 Å². The lowest BCUT2D eigenvalue weighted by molar-refractivity contribution is -0.191. The number of hydrogen-bond acceptors (Lipinski definition) is 4. The van der Waals surface area contributed by atoms with E-state index in [4.69, 9.17) is 4.74 Å². The molecule has 3 saturated carbocycles. The maximum atomic E-state index is 13.6. The van der Waals surface area contributed by atoms with Gasteiger partial charge >= 0.3 is 5.97 Å². The van der Waals surface area contributed by atoms with Crippen LogP contribution >= 0.6 is 0 Å². The van der Waals surface area contributed by atoms with Gasteiger partial charge in [-0.15, -0.1) is 0 Å². The van der Waals surface area contributed by atoms with Crippen LogP contribution in [0.15, 0.2) is 0 Å². The summed E-state index contributed by atoms with van der Waals surface area (Å²) < 4.78 is 6.36. The minimum Gasteiger partial charge on any atom is -0.459 e. The second kappa shape index (κ2) is 5.72. The van der Waals surface area contributed by atoms with E-state index >= 15 is 0 Å². The maximum Gasteiger partial charge on any atom is 0.312 e. The smallest absolute Gasteiger partial charge is 0.312 e. The van der Waals surface area contributed by atoms with E-state index < -0.39 is 22.2 Å². The van der Waals surface area contributed by atoms with Gasteiger partial charge in [0.15, 0.2) is 0 Å². The third-order valence-corrected chi connectivity index (χ3v) is 7.79. The van der Waals surface area contributed by atoms with Crippen molar-refractivity contribution in [2.24, 2.45) is 28.1 Å². The Morgan fingerprint density at radius 3 is 2.11 bits per heavy atom. The number of aliphatic hydroxyl groups is 2. The summed E-state index contributed by atoms with van der Waals surface area (Å²) in [6.45, 7) is 16.6. The van der Waals surface area contributed by atoms with E-state index in [1.54, 1.807) is 6.92 Å². The number of esters is 1. The number of carbonyl (C=O) groups excluding carboxylic acids is 1. The minimum atomic E-state index is -1.00. The third-order valence-electron chi connectivity index (χ3n) is 7.79. The van der Waals surface area contributed by atoms with Gasteiger partial charge in [0.25, 0.3) is 0 Å². The van der Waals surface area contributed by atoms with Crippen LogP contribution in [0.2, 0.25) is 0 Å². The van der Waals surface area contributed by atoms with Crippen molar-refractivity contribution in [3.8, 4) is 0 Å². The highest BCUT2D eigenvalue weighted by atomic mass is 16.6. The molecule has 0 heterocycles. The Hall–Kier alpha value is -0.610. The number of carbonyl (C=O) groups is 1. The first-order chi connectivity index (χ1) is 11.9. The van der Waals surface area contributed by atoms with Gasteiger partial charge in [0, 0.05) is 12.8 Å². The molecule has 3 aliphatic carbocycles. The molecule has 4 nitrogen and oxygen atoms in total. The van der Waals surface area contributed by atoms with Crippen LogP contribution in [0.3, 0.4) is 0 Å². The lowest BCUT2D eigenvalue weighted by Crippen LogP contribution is -2.56. The van der Waals surface area contributed by atoms with Crippen LogP contribution in [0, 0.1) is 28.1 Å². The molecule has 0 radical (unpaired) electrons. The van der Waals surface area contributed by atoms with Gasteiger partial charge < -0.3 is 14.9 Å². The van der Waals surface area contributed by atoms with Crippen molar-refractivity contribution in [2.75, 3.05) is 0 Å². The molecular formula is C23H40O4. The van der Waals surface area contributed by atoms with Crippen LogP contribution in [-0.2, 0) is 9.53 Å². The molecule has 0 saturated heterocycles. The molecule has 0 spiro atoms. The van der Waals surface area contributed by atoms with Gasteiger partial charge in [0.2, 0.25) is 0 Å². The van der Waals surface area contributed by atoms with Gasteiger partial charge in [-0.25, -0.2) is 0 Å². The molecule has 3 rings (SSSR count). The molecule has 27 heavy (non-hydrogen) atoms. The summed E-state index contributed by atoms with van der Waals surface area (Å²) in [6.07, 6.45) is 3.75. The van der Waals surface area contributed by atoms with Crippen molar-refractivity contribution in [1.29, 1.82) is 0 Å². The highest BCUT2D eigenvalue weighted by Crippen LogP contribution is 2.65. The van der Waals surface area contributed by atoms with Gasteiger partial charge in [-0.2, -0.15) is 0 Å². The molecule has 3 aliphatic rings. The predicted molar refractivity (Wildman–Crippen MR) is 106 cm³/mol. The van der Waals surface area contributed by atoms with Gasteiger partial charge in [-0.05, 0) is 62.2 Å². The second-order valence-corrected chi connectivity index (χ2v) is 12.8. The minimum absolute atomic E-state index is 0.00260. The lowest BCUT2D eigenvalue weighted by Gasteiger charge is -2.51. The summed E-state index contributed by atoms with van der Waals surface area (Å²) in [5, 5.41) is 21.8. The summed E-state index contributed by atoms with van der Waals surface area (Å²) in [6, 6.07) is 0. The zero-order valence-corrected chi connectivity index (χ0v) is 18.6. The summed E-state index contributed by atoms with van der Waals surface area (Å²) in [5.41, 5.74) is -3.27. The molecule has 2 bridgehead atoms. The first kappa shape index (κ1) is 21.1. The van der Waals surface area contributed by atoms with Crippen LogP contribution in [0.1, 0.15) is 93.9 Å². The topological polar surface area (TPSA) is 66.8 Å². The van der Waals surface area contributed by atoms with Crippen LogP contribution in [-0.4, -0.2) is 33.0 Å². The van der Waals surface area contributed by atoms with Gasteiger partial charge in [0.1, 0.15) is 5.60 Å². The van der Waals surface area contributed by atoms with Crippen molar-refractivity contribution >= 4 is 5.97 Å². The molecular weight excluding hydrogens is 340 g/mol. The van der Waals surface area contributed by atoms with E-state index in [1.165, 1.54) is 0 Å². The summed E-state index contributed by atoms with van der Waals surface area (Å²) >= 11 is 0. The van der Waals surface area contributed by atoms with Crippen molar-refractivity contribution < 1.29 is 19.7 Å². The Morgan fingerprint density at radius 1 is 1.00 bits per heavy atom. The fourth-order valence-corrected chi connectivity index (χ4v) is 6.46. The molecule has 0 aromatic heterocycles. The Kier molecular flexibility index (Phi) is 4.47. The molecule has 6 atom stereocenters. The lowest BCUT2D eigenvalue weighted by atomic mass is 9.59. The van der Waals surface area contributed by atoms with Gasteiger partial charge in [0.05, 0.1) is 16.6 Å². The molecule has 6 unspecified atom stereocenters. The summed E-state index contributed by atoms with van der Waals surface area (Å²) in [7, 11) is 0. The standard InChI is InChI=1S/C23H40O4/c1-18(2,3)12-21(8,19(4,5)6)17(24)27-22-9-15-10-23(26,16(15)11-22)14-20(7,25)13-22/h15-16,25-26H,9-14H2,1-8H3. The SMILES string of the molecule is CC(C)(C)CC(C)(C(=O)OC12CC3CC(O)(CC(C)(O)C1)C3C2)C(C)(C)C. The quantitative estimate of drug-likeness (QED) is 0.709. The van der Waals surface area contributed by atoms with E-state index in [-0.39, 0.29) is 22.7 Å². The maximum absolute atomic E-state index is 13.6. The normalized spacial score (nSPS) is 43.5. The zero-order chi connectivity index (χ0) is 20.7. The molecule has 0 amide bonds. The average molecular weight is 381 g/mol. The van der Waals surface area contributed by atoms with Crippen molar-refractivity contribution in [3.63, 3.8) is 0 Å².